The Morgan fingerprint density at radius 1 is 1.37 bits per heavy atom. The SMILES string of the molecule is Cn1ccc(C(=O)CSc2nc3ccccc3[nH]2)c1. The fraction of sp³-hybridized carbons (Fsp3) is 0.143. The second-order valence-electron chi connectivity index (χ2n) is 4.34. The quantitative estimate of drug-likeness (QED) is 0.586. The molecule has 2 aromatic heterocycles. The summed E-state index contributed by atoms with van der Waals surface area (Å²) in [5, 5.41) is 0.783. The van der Waals surface area contributed by atoms with Crippen molar-refractivity contribution in [2.24, 2.45) is 7.05 Å². The van der Waals surface area contributed by atoms with Crippen molar-refractivity contribution < 1.29 is 4.79 Å². The molecule has 3 rings (SSSR count). The number of carbonyl (C=O) groups excluding carboxylic acids is 1. The lowest BCUT2D eigenvalue weighted by molar-refractivity contribution is 0.102. The van der Waals surface area contributed by atoms with Crippen molar-refractivity contribution in [2.75, 3.05) is 5.75 Å². The third kappa shape index (κ3) is 2.56. The number of Topliss-reactive ketones (excluding diaryl/α,β-unsaturated/α-hetero) is 1. The summed E-state index contributed by atoms with van der Waals surface area (Å²) >= 11 is 1.43. The van der Waals surface area contributed by atoms with E-state index in [1.54, 1.807) is 0 Å². The molecule has 0 atom stereocenters. The number of carbonyl (C=O) groups is 1. The molecule has 2 heterocycles. The molecule has 19 heavy (non-hydrogen) atoms. The lowest BCUT2D eigenvalue weighted by Gasteiger charge is -1.95. The van der Waals surface area contributed by atoms with Gasteiger partial charge in [-0.1, -0.05) is 23.9 Å². The average Bonchev–Trinajstić information content (AvgIpc) is 3.01. The minimum Gasteiger partial charge on any atom is -0.357 e. The Balaban J connectivity index is 1.70. The summed E-state index contributed by atoms with van der Waals surface area (Å²) in [6, 6.07) is 9.68. The maximum Gasteiger partial charge on any atom is 0.174 e. The Morgan fingerprint density at radius 2 is 2.21 bits per heavy atom. The smallest absolute Gasteiger partial charge is 0.174 e. The number of hydrogen-bond acceptors (Lipinski definition) is 3. The van der Waals surface area contributed by atoms with Gasteiger partial charge >= 0.3 is 0 Å². The number of aromatic nitrogens is 3. The molecule has 0 fully saturated rings. The number of para-hydroxylation sites is 2. The monoisotopic (exact) mass is 271 g/mol. The molecular formula is C14H13N3OS. The van der Waals surface area contributed by atoms with Crippen molar-refractivity contribution in [3.63, 3.8) is 0 Å². The van der Waals surface area contributed by atoms with Crippen LogP contribution in [0.15, 0.2) is 47.9 Å². The molecule has 0 aliphatic carbocycles. The van der Waals surface area contributed by atoms with E-state index in [4.69, 9.17) is 0 Å². The van der Waals surface area contributed by atoms with Gasteiger partial charge in [-0.05, 0) is 18.2 Å². The summed E-state index contributed by atoms with van der Waals surface area (Å²) in [5.74, 6) is 0.509. The lowest BCUT2D eigenvalue weighted by Crippen LogP contribution is -2.01. The molecular weight excluding hydrogens is 258 g/mol. The van der Waals surface area contributed by atoms with E-state index in [0.29, 0.717) is 5.75 Å². The Bertz CT molecular complexity index is 696. The topological polar surface area (TPSA) is 50.7 Å². The second kappa shape index (κ2) is 4.93. The third-order valence-corrected chi connectivity index (χ3v) is 3.73. The number of nitrogens with zero attached hydrogens (tertiary/aromatic N) is 2. The van der Waals surface area contributed by atoms with Gasteiger partial charge in [-0.15, -0.1) is 0 Å². The third-order valence-electron chi connectivity index (χ3n) is 2.86. The number of H-pyrrole nitrogens is 1. The summed E-state index contributed by atoms with van der Waals surface area (Å²) < 4.78 is 1.87. The van der Waals surface area contributed by atoms with Gasteiger partial charge in [0.25, 0.3) is 0 Å². The van der Waals surface area contributed by atoms with E-state index in [1.165, 1.54) is 11.8 Å². The number of imidazole rings is 1. The van der Waals surface area contributed by atoms with E-state index in [9.17, 15) is 4.79 Å². The van der Waals surface area contributed by atoms with Gasteiger partial charge in [0.1, 0.15) is 0 Å². The molecule has 0 radical (unpaired) electrons. The molecule has 1 N–H and O–H groups in total. The largest absolute Gasteiger partial charge is 0.357 e. The highest BCUT2D eigenvalue weighted by Crippen LogP contribution is 2.20. The van der Waals surface area contributed by atoms with Gasteiger partial charge in [-0.25, -0.2) is 4.98 Å². The van der Waals surface area contributed by atoms with Crippen LogP contribution in [0.4, 0.5) is 0 Å². The van der Waals surface area contributed by atoms with Crippen molar-refractivity contribution in [3.8, 4) is 0 Å². The Kier molecular flexibility index (Phi) is 3.13. The molecule has 0 saturated heterocycles. The fourth-order valence-corrected chi connectivity index (χ4v) is 2.66. The van der Waals surface area contributed by atoms with Crippen LogP contribution in [0.3, 0.4) is 0 Å². The van der Waals surface area contributed by atoms with Crippen LogP contribution in [0.1, 0.15) is 10.4 Å². The number of benzene rings is 1. The van der Waals surface area contributed by atoms with E-state index in [-0.39, 0.29) is 5.78 Å². The number of fused-ring (bicyclic) bond motifs is 1. The number of thioether (sulfide) groups is 1. The highest BCUT2D eigenvalue weighted by atomic mass is 32.2. The molecule has 4 nitrogen and oxygen atoms in total. The first-order chi connectivity index (χ1) is 9.22. The van der Waals surface area contributed by atoms with E-state index in [2.05, 4.69) is 9.97 Å². The van der Waals surface area contributed by atoms with Gasteiger partial charge in [0, 0.05) is 25.0 Å². The van der Waals surface area contributed by atoms with Crippen LogP contribution < -0.4 is 0 Å². The van der Waals surface area contributed by atoms with Crippen LogP contribution in [0, 0.1) is 0 Å². The maximum atomic E-state index is 12.0. The predicted octanol–water partition coefficient (Wildman–Crippen LogP) is 2.88. The number of nitrogens with one attached hydrogen (secondary N) is 1. The van der Waals surface area contributed by atoms with Crippen LogP contribution in [-0.4, -0.2) is 26.1 Å². The second-order valence-corrected chi connectivity index (χ2v) is 5.30. The van der Waals surface area contributed by atoms with Crippen LogP contribution in [0.2, 0.25) is 0 Å². The number of hydrogen-bond donors (Lipinski definition) is 1. The fourth-order valence-electron chi connectivity index (χ4n) is 1.88. The Hall–Kier alpha value is -2.01. The molecule has 0 amide bonds. The number of ketones is 1. The minimum atomic E-state index is 0.117. The zero-order valence-electron chi connectivity index (χ0n) is 10.5. The summed E-state index contributed by atoms with van der Waals surface area (Å²) in [5.41, 5.74) is 2.67. The van der Waals surface area contributed by atoms with E-state index >= 15 is 0 Å². The molecule has 0 spiro atoms. The maximum absolute atomic E-state index is 12.0. The number of rotatable bonds is 4. The summed E-state index contributed by atoms with van der Waals surface area (Å²) in [6.45, 7) is 0. The Morgan fingerprint density at radius 3 is 2.95 bits per heavy atom. The van der Waals surface area contributed by atoms with E-state index < -0.39 is 0 Å². The molecule has 0 unspecified atom stereocenters. The molecule has 0 aliphatic heterocycles. The van der Waals surface area contributed by atoms with Crippen LogP contribution in [-0.2, 0) is 7.05 Å². The molecule has 1 aromatic carbocycles. The minimum absolute atomic E-state index is 0.117. The van der Waals surface area contributed by atoms with Crippen LogP contribution in [0.5, 0.6) is 0 Å². The van der Waals surface area contributed by atoms with Gasteiger partial charge in [-0.3, -0.25) is 4.79 Å². The molecule has 96 valence electrons. The highest BCUT2D eigenvalue weighted by molar-refractivity contribution is 7.99. The standard InChI is InChI=1S/C14H13N3OS/c1-17-7-6-10(8-17)13(18)9-19-14-15-11-4-2-3-5-12(11)16-14/h2-8H,9H2,1H3,(H,15,16). The first-order valence-electron chi connectivity index (χ1n) is 5.95. The van der Waals surface area contributed by atoms with Gasteiger partial charge in [-0.2, -0.15) is 0 Å². The summed E-state index contributed by atoms with van der Waals surface area (Å²) in [6.07, 6.45) is 3.71. The van der Waals surface area contributed by atoms with Crippen molar-refractivity contribution in [3.05, 3.63) is 48.3 Å². The van der Waals surface area contributed by atoms with Crippen LogP contribution in [0.25, 0.3) is 11.0 Å². The van der Waals surface area contributed by atoms with Crippen molar-refractivity contribution in [2.45, 2.75) is 5.16 Å². The normalized spacial score (nSPS) is 11.0. The van der Waals surface area contributed by atoms with Gasteiger partial charge in [0.2, 0.25) is 0 Å². The van der Waals surface area contributed by atoms with Gasteiger partial charge in [0.05, 0.1) is 16.8 Å². The predicted molar refractivity (Wildman–Crippen MR) is 76.6 cm³/mol. The molecule has 5 heteroatoms. The molecule has 3 aromatic rings. The van der Waals surface area contributed by atoms with E-state index in [0.717, 1.165) is 21.8 Å². The number of aromatic amines is 1. The van der Waals surface area contributed by atoms with Gasteiger partial charge < -0.3 is 9.55 Å². The van der Waals surface area contributed by atoms with E-state index in [1.807, 2.05) is 54.3 Å². The van der Waals surface area contributed by atoms with Crippen molar-refractivity contribution >= 4 is 28.6 Å². The molecule has 0 aliphatic rings. The Labute approximate surface area is 114 Å². The molecule has 0 saturated carbocycles. The first-order valence-corrected chi connectivity index (χ1v) is 6.93. The lowest BCUT2D eigenvalue weighted by atomic mass is 10.2. The van der Waals surface area contributed by atoms with Crippen LogP contribution >= 0.6 is 11.8 Å². The average molecular weight is 271 g/mol. The summed E-state index contributed by atoms with van der Waals surface area (Å²) in [7, 11) is 1.91. The van der Waals surface area contributed by atoms with Crippen molar-refractivity contribution in [1.82, 2.24) is 14.5 Å². The number of aryl methyl sites for hydroxylation is 1. The molecule has 0 bridgehead atoms. The van der Waals surface area contributed by atoms with Crippen molar-refractivity contribution in [1.29, 1.82) is 0 Å². The first kappa shape index (κ1) is 12.0. The highest BCUT2D eigenvalue weighted by Gasteiger charge is 2.09. The zero-order valence-corrected chi connectivity index (χ0v) is 11.3. The van der Waals surface area contributed by atoms with Gasteiger partial charge in [0.15, 0.2) is 10.9 Å². The summed E-state index contributed by atoms with van der Waals surface area (Å²) in [4.78, 5) is 19.6. The zero-order chi connectivity index (χ0) is 13.2.